The van der Waals surface area contributed by atoms with Crippen LogP contribution in [0, 0.1) is 13.8 Å². The maximum Gasteiger partial charge on any atom is 0.255 e. The van der Waals surface area contributed by atoms with Gasteiger partial charge in [-0.25, -0.2) is 0 Å². The van der Waals surface area contributed by atoms with Crippen LogP contribution in [0.4, 0.5) is 0 Å². The van der Waals surface area contributed by atoms with Crippen molar-refractivity contribution in [3.05, 3.63) is 23.0 Å². The first-order valence-corrected chi connectivity index (χ1v) is 7.06. The van der Waals surface area contributed by atoms with E-state index in [-0.39, 0.29) is 12.5 Å². The number of aryl methyl sites for hydroxylation is 2. The van der Waals surface area contributed by atoms with Gasteiger partial charge in [-0.15, -0.1) is 0 Å². The van der Waals surface area contributed by atoms with Crippen molar-refractivity contribution in [1.29, 1.82) is 0 Å². The number of amides is 1. The molecular formula is C14H22N4O2. The average Bonchev–Trinajstić information content (AvgIpc) is 2.93. The summed E-state index contributed by atoms with van der Waals surface area (Å²) in [7, 11) is 0. The van der Waals surface area contributed by atoms with Gasteiger partial charge >= 0.3 is 0 Å². The van der Waals surface area contributed by atoms with Crippen molar-refractivity contribution in [2.24, 2.45) is 0 Å². The number of nitrogens with zero attached hydrogens (tertiary/aromatic N) is 3. The molecule has 1 atom stereocenters. The highest BCUT2D eigenvalue weighted by atomic mass is 16.3. The van der Waals surface area contributed by atoms with Gasteiger partial charge in [-0.2, -0.15) is 10.2 Å². The summed E-state index contributed by atoms with van der Waals surface area (Å²) in [6.07, 6.45) is 2.21. The Kier molecular flexibility index (Phi) is 5.03. The van der Waals surface area contributed by atoms with Crippen molar-refractivity contribution in [2.75, 3.05) is 26.2 Å². The number of aliphatic hydroxyl groups is 1. The maximum atomic E-state index is 12.6. The SMILES string of the molecule is Cc1cc(C(=O)N(CCO)CC2CCCN2)c(C)nn1. The molecule has 1 aromatic heterocycles. The van der Waals surface area contributed by atoms with Crippen LogP contribution in [0.5, 0.6) is 0 Å². The van der Waals surface area contributed by atoms with Crippen molar-refractivity contribution in [3.8, 4) is 0 Å². The molecule has 2 rings (SSSR count). The van der Waals surface area contributed by atoms with Gasteiger partial charge in [0.2, 0.25) is 0 Å². The lowest BCUT2D eigenvalue weighted by atomic mass is 10.1. The van der Waals surface area contributed by atoms with Crippen LogP contribution in [-0.4, -0.2) is 58.4 Å². The van der Waals surface area contributed by atoms with Gasteiger partial charge in [-0.3, -0.25) is 4.79 Å². The molecule has 1 unspecified atom stereocenters. The van der Waals surface area contributed by atoms with Crippen LogP contribution in [0.2, 0.25) is 0 Å². The average molecular weight is 278 g/mol. The summed E-state index contributed by atoms with van der Waals surface area (Å²) in [5.41, 5.74) is 1.92. The molecule has 1 fully saturated rings. The van der Waals surface area contributed by atoms with E-state index in [9.17, 15) is 9.90 Å². The zero-order valence-corrected chi connectivity index (χ0v) is 12.1. The zero-order chi connectivity index (χ0) is 14.5. The van der Waals surface area contributed by atoms with E-state index < -0.39 is 0 Å². The van der Waals surface area contributed by atoms with E-state index >= 15 is 0 Å². The second kappa shape index (κ2) is 6.76. The minimum Gasteiger partial charge on any atom is -0.395 e. The van der Waals surface area contributed by atoms with Crippen LogP contribution in [-0.2, 0) is 0 Å². The topological polar surface area (TPSA) is 78.4 Å². The van der Waals surface area contributed by atoms with E-state index in [0.717, 1.165) is 25.1 Å². The second-order valence-corrected chi connectivity index (χ2v) is 5.25. The summed E-state index contributed by atoms with van der Waals surface area (Å²) in [6, 6.07) is 2.08. The van der Waals surface area contributed by atoms with Crippen LogP contribution in [0.3, 0.4) is 0 Å². The molecule has 6 heteroatoms. The summed E-state index contributed by atoms with van der Waals surface area (Å²) >= 11 is 0. The van der Waals surface area contributed by atoms with E-state index in [0.29, 0.717) is 30.4 Å². The molecule has 0 spiro atoms. The predicted octanol–water partition coefficient (Wildman–Crippen LogP) is 0.280. The molecule has 0 saturated carbocycles. The van der Waals surface area contributed by atoms with Crippen LogP contribution >= 0.6 is 0 Å². The van der Waals surface area contributed by atoms with Gasteiger partial charge < -0.3 is 15.3 Å². The molecule has 0 radical (unpaired) electrons. The number of hydrogen-bond acceptors (Lipinski definition) is 5. The Morgan fingerprint density at radius 1 is 1.50 bits per heavy atom. The third-order valence-corrected chi connectivity index (χ3v) is 3.59. The summed E-state index contributed by atoms with van der Waals surface area (Å²) in [5, 5.41) is 20.5. The molecule has 1 aliphatic rings. The minimum atomic E-state index is -0.0803. The van der Waals surface area contributed by atoms with Gasteiger partial charge in [-0.1, -0.05) is 0 Å². The third-order valence-electron chi connectivity index (χ3n) is 3.59. The highest BCUT2D eigenvalue weighted by molar-refractivity contribution is 5.95. The zero-order valence-electron chi connectivity index (χ0n) is 12.1. The van der Waals surface area contributed by atoms with Gasteiger partial charge in [-0.05, 0) is 39.3 Å². The molecule has 20 heavy (non-hydrogen) atoms. The smallest absolute Gasteiger partial charge is 0.255 e. The summed E-state index contributed by atoms with van der Waals surface area (Å²) < 4.78 is 0. The third kappa shape index (κ3) is 3.52. The largest absolute Gasteiger partial charge is 0.395 e. The molecular weight excluding hydrogens is 256 g/mol. The number of carbonyl (C=O) groups is 1. The molecule has 0 aromatic carbocycles. The first-order valence-electron chi connectivity index (χ1n) is 7.06. The summed E-state index contributed by atoms with van der Waals surface area (Å²) in [6.45, 7) is 5.54. The number of aromatic nitrogens is 2. The van der Waals surface area contributed by atoms with Gasteiger partial charge in [0.1, 0.15) is 0 Å². The van der Waals surface area contributed by atoms with Gasteiger partial charge in [0.05, 0.1) is 23.6 Å². The molecule has 1 aliphatic heterocycles. The molecule has 0 bridgehead atoms. The van der Waals surface area contributed by atoms with Gasteiger partial charge in [0, 0.05) is 19.1 Å². The number of rotatable bonds is 5. The molecule has 110 valence electrons. The fourth-order valence-corrected chi connectivity index (χ4v) is 2.51. The van der Waals surface area contributed by atoms with Crippen molar-refractivity contribution in [3.63, 3.8) is 0 Å². The maximum absolute atomic E-state index is 12.6. The Bertz CT molecular complexity index is 472. The lowest BCUT2D eigenvalue weighted by Crippen LogP contribution is -2.42. The Morgan fingerprint density at radius 3 is 2.95 bits per heavy atom. The Balaban J connectivity index is 2.14. The van der Waals surface area contributed by atoms with Crippen molar-refractivity contribution in [2.45, 2.75) is 32.7 Å². The lowest BCUT2D eigenvalue weighted by Gasteiger charge is -2.25. The van der Waals surface area contributed by atoms with Crippen LogP contribution < -0.4 is 5.32 Å². The van der Waals surface area contributed by atoms with E-state index in [2.05, 4.69) is 15.5 Å². The Labute approximate surface area is 119 Å². The molecule has 1 amide bonds. The Hall–Kier alpha value is -1.53. The molecule has 1 saturated heterocycles. The van der Waals surface area contributed by atoms with Gasteiger partial charge in [0.15, 0.2) is 0 Å². The van der Waals surface area contributed by atoms with Crippen molar-refractivity contribution < 1.29 is 9.90 Å². The first kappa shape index (κ1) is 14.9. The quantitative estimate of drug-likeness (QED) is 0.809. The van der Waals surface area contributed by atoms with Crippen molar-refractivity contribution in [1.82, 2.24) is 20.4 Å². The second-order valence-electron chi connectivity index (χ2n) is 5.25. The predicted molar refractivity (Wildman–Crippen MR) is 75.5 cm³/mol. The van der Waals surface area contributed by atoms with Crippen LogP contribution in [0.25, 0.3) is 0 Å². The monoisotopic (exact) mass is 278 g/mol. The summed E-state index contributed by atoms with van der Waals surface area (Å²) in [4.78, 5) is 14.3. The summed E-state index contributed by atoms with van der Waals surface area (Å²) in [5.74, 6) is -0.0803. The van der Waals surface area contributed by atoms with E-state index in [1.807, 2.05) is 6.92 Å². The molecule has 2 heterocycles. The normalized spacial score (nSPS) is 18.2. The molecule has 0 aliphatic carbocycles. The standard InChI is InChI=1S/C14H22N4O2/c1-10-8-13(11(2)17-16-10)14(20)18(6-7-19)9-12-4-3-5-15-12/h8,12,15,19H,3-7,9H2,1-2H3. The number of hydrogen-bond donors (Lipinski definition) is 2. The molecule has 1 aromatic rings. The first-order chi connectivity index (χ1) is 9.61. The number of carbonyl (C=O) groups excluding carboxylic acids is 1. The number of nitrogens with one attached hydrogen (secondary N) is 1. The molecule has 6 nitrogen and oxygen atoms in total. The number of aliphatic hydroxyl groups excluding tert-OH is 1. The van der Waals surface area contributed by atoms with Crippen LogP contribution in [0.1, 0.15) is 34.6 Å². The van der Waals surface area contributed by atoms with E-state index in [4.69, 9.17) is 0 Å². The fraction of sp³-hybridized carbons (Fsp3) is 0.643. The Morgan fingerprint density at radius 2 is 2.30 bits per heavy atom. The molecule has 2 N–H and O–H groups in total. The highest BCUT2D eigenvalue weighted by Gasteiger charge is 2.23. The highest BCUT2D eigenvalue weighted by Crippen LogP contribution is 2.12. The van der Waals surface area contributed by atoms with Crippen molar-refractivity contribution >= 4 is 5.91 Å². The lowest BCUT2D eigenvalue weighted by molar-refractivity contribution is 0.0705. The van der Waals surface area contributed by atoms with E-state index in [1.165, 1.54) is 0 Å². The van der Waals surface area contributed by atoms with Gasteiger partial charge in [0.25, 0.3) is 5.91 Å². The van der Waals surface area contributed by atoms with E-state index in [1.54, 1.807) is 17.9 Å². The minimum absolute atomic E-state index is 0.0327. The van der Waals surface area contributed by atoms with Crippen LogP contribution in [0.15, 0.2) is 6.07 Å². The fourth-order valence-electron chi connectivity index (χ4n) is 2.51.